The molecular formula is C63H86. The molecule has 0 fully saturated rings. The maximum Gasteiger partial charge on any atom is 0.0249 e. The molecule has 0 saturated heterocycles. The van der Waals surface area contributed by atoms with Crippen molar-refractivity contribution in [2.75, 3.05) is 0 Å². The molecule has 0 heterocycles. The van der Waals surface area contributed by atoms with Crippen LogP contribution in [0.15, 0.2) is 159 Å². The molecule has 0 saturated carbocycles. The molecule has 0 aliphatic heterocycles. The lowest BCUT2D eigenvalue weighted by Gasteiger charge is -2.01. The van der Waals surface area contributed by atoms with Crippen molar-refractivity contribution in [1.29, 1.82) is 0 Å². The van der Waals surface area contributed by atoms with Crippen molar-refractivity contribution < 1.29 is 0 Å². The van der Waals surface area contributed by atoms with Crippen LogP contribution in [0.1, 0.15) is 184 Å². The Morgan fingerprint density at radius 1 is 0.333 bits per heavy atom. The summed E-state index contributed by atoms with van der Waals surface area (Å²) in [6, 6.07) is 34.3. The fourth-order valence-corrected chi connectivity index (χ4v) is 5.21. The van der Waals surface area contributed by atoms with Gasteiger partial charge >= 0.3 is 0 Å². The van der Waals surface area contributed by atoms with Gasteiger partial charge in [0.1, 0.15) is 0 Å². The Kier molecular flexibility index (Phi) is 43.4. The molecule has 0 atom stereocenters. The molecule has 0 amide bonds. The van der Waals surface area contributed by atoms with Crippen LogP contribution in [0.5, 0.6) is 0 Å². The Bertz CT molecular complexity index is 1720. The molecule has 4 aromatic rings. The maximum absolute atomic E-state index is 3.36. The molecule has 4 rings (SSSR count). The zero-order chi connectivity index (χ0) is 47.0. The summed E-state index contributed by atoms with van der Waals surface area (Å²) >= 11 is 0. The predicted molar refractivity (Wildman–Crippen MR) is 289 cm³/mol. The van der Waals surface area contributed by atoms with E-state index < -0.39 is 0 Å². The number of benzene rings is 4. The molecule has 0 bridgehead atoms. The molecule has 0 aliphatic rings. The van der Waals surface area contributed by atoms with E-state index >= 15 is 0 Å². The van der Waals surface area contributed by atoms with Crippen molar-refractivity contribution >= 4 is 12.2 Å². The number of rotatable bonds is 15. The highest BCUT2D eigenvalue weighted by molar-refractivity contribution is 5.70. The average molecular weight is 843 g/mol. The third-order valence-electron chi connectivity index (χ3n) is 9.41. The minimum Gasteiger partial charge on any atom is -0.0991 e. The first-order valence-corrected chi connectivity index (χ1v) is 23.8. The summed E-state index contributed by atoms with van der Waals surface area (Å²) in [5, 5.41) is 0. The van der Waals surface area contributed by atoms with Gasteiger partial charge in [-0.05, 0) is 138 Å². The largest absolute Gasteiger partial charge is 0.0991 e. The number of unbranched alkanes of at least 4 members (excludes halogenated alkanes) is 8. The van der Waals surface area contributed by atoms with Gasteiger partial charge in [0.25, 0.3) is 0 Å². The van der Waals surface area contributed by atoms with Gasteiger partial charge in [-0.3, -0.25) is 0 Å². The van der Waals surface area contributed by atoms with Crippen LogP contribution in [-0.2, 0) is 12.8 Å². The summed E-state index contributed by atoms with van der Waals surface area (Å²) in [6.45, 7) is 27.7. The van der Waals surface area contributed by atoms with Gasteiger partial charge in [-0.2, -0.15) is 0 Å². The Balaban J connectivity index is 0. The number of aryl methyl sites for hydroxylation is 2. The molecule has 0 heteroatoms. The van der Waals surface area contributed by atoms with E-state index in [1.807, 2.05) is 78.0 Å². The summed E-state index contributed by atoms with van der Waals surface area (Å²) in [7, 11) is 0. The lowest BCUT2D eigenvalue weighted by molar-refractivity contribution is 0.667. The van der Waals surface area contributed by atoms with E-state index in [1.54, 1.807) is 12.2 Å². The van der Waals surface area contributed by atoms with Gasteiger partial charge in [0.2, 0.25) is 0 Å². The van der Waals surface area contributed by atoms with Crippen LogP contribution >= 0.6 is 0 Å². The number of allylic oxidation sites excluding steroid dienone is 8. The molecule has 0 aliphatic carbocycles. The van der Waals surface area contributed by atoms with Crippen LogP contribution in [0, 0.1) is 23.7 Å². The van der Waals surface area contributed by atoms with E-state index in [9.17, 15) is 0 Å². The summed E-state index contributed by atoms with van der Waals surface area (Å²) in [4.78, 5) is 0. The van der Waals surface area contributed by atoms with Gasteiger partial charge in [-0.15, -0.1) is 0 Å². The van der Waals surface area contributed by atoms with Crippen LogP contribution in [0.25, 0.3) is 12.2 Å². The second kappa shape index (κ2) is 46.0. The van der Waals surface area contributed by atoms with Crippen molar-refractivity contribution in [1.82, 2.24) is 0 Å². The minimum absolute atomic E-state index is 1.03. The second-order valence-electron chi connectivity index (χ2n) is 14.9. The van der Waals surface area contributed by atoms with E-state index in [4.69, 9.17) is 0 Å². The SMILES string of the molecule is C/C=C\C.C/C=C\C.C/C=C\C.C=CC=C.CCCCC.CCCCCCc1ccc(C#Cc2ccc(/C=C/c3ccc(C#Cc4ccc(CCCCCC)cc4)cc3)cc2)cc1. The van der Waals surface area contributed by atoms with Crippen LogP contribution in [0.2, 0.25) is 0 Å². The lowest BCUT2D eigenvalue weighted by atomic mass is 10.0. The average Bonchev–Trinajstić information content (AvgIpc) is 3.34. The fraction of sp³-hybridized carbons (Fsp3) is 0.365. The third-order valence-corrected chi connectivity index (χ3v) is 9.41. The highest BCUT2D eigenvalue weighted by Crippen LogP contribution is 2.13. The molecule has 338 valence electrons. The van der Waals surface area contributed by atoms with Crippen molar-refractivity contribution in [2.24, 2.45) is 0 Å². The highest BCUT2D eigenvalue weighted by atomic mass is 14.0. The van der Waals surface area contributed by atoms with E-state index in [0.717, 1.165) is 46.2 Å². The Morgan fingerprint density at radius 2 is 0.587 bits per heavy atom. The zero-order valence-corrected chi connectivity index (χ0v) is 41.6. The zero-order valence-electron chi connectivity index (χ0n) is 41.6. The quantitative estimate of drug-likeness (QED) is 0.0368. The Hall–Kier alpha value is -5.56. The van der Waals surface area contributed by atoms with E-state index in [2.05, 4.69) is 174 Å². The Morgan fingerprint density at radius 3 is 0.794 bits per heavy atom. The van der Waals surface area contributed by atoms with Gasteiger partial charge in [0.15, 0.2) is 0 Å². The fourth-order valence-electron chi connectivity index (χ4n) is 5.21. The van der Waals surface area contributed by atoms with Crippen LogP contribution in [-0.4, -0.2) is 0 Å². The van der Waals surface area contributed by atoms with Gasteiger partial charge in [-0.1, -0.05) is 232 Å². The Labute approximate surface area is 390 Å². The molecule has 0 aromatic heterocycles. The topological polar surface area (TPSA) is 0 Å². The second-order valence-corrected chi connectivity index (χ2v) is 14.9. The van der Waals surface area contributed by atoms with E-state index in [1.165, 1.54) is 81.8 Å². The third kappa shape index (κ3) is 36.8. The van der Waals surface area contributed by atoms with Crippen LogP contribution in [0.4, 0.5) is 0 Å². The van der Waals surface area contributed by atoms with Gasteiger partial charge in [0, 0.05) is 22.3 Å². The highest BCUT2D eigenvalue weighted by Gasteiger charge is 1.97. The van der Waals surface area contributed by atoms with Gasteiger partial charge in [-0.25, -0.2) is 0 Å². The van der Waals surface area contributed by atoms with E-state index in [0.29, 0.717) is 0 Å². The first-order valence-electron chi connectivity index (χ1n) is 23.8. The summed E-state index contributed by atoms with van der Waals surface area (Å²) in [5.41, 5.74) is 9.32. The summed E-state index contributed by atoms with van der Waals surface area (Å²) < 4.78 is 0. The molecule has 0 nitrogen and oxygen atoms in total. The van der Waals surface area contributed by atoms with Gasteiger partial charge < -0.3 is 0 Å². The number of hydrogen-bond acceptors (Lipinski definition) is 0. The maximum atomic E-state index is 3.36. The standard InChI is InChI=1S/C42H44.C5H12.3C4H8.C4H6/c1-3-5-7-9-11-35-13-17-37(18-14-35)21-23-39-25-29-41(30-26-39)33-34-42-31-27-40(28-32-42)24-22-38-19-15-36(16-20-38)12-10-8-6-4-2;1-3-5-4-2;4*1-3-4-2/h13-20,25-34H,3-12H2,1-2H3;3-5H2,1-2H3;3*3-4H,1-2H3;3-4H,1-2H2/b34-33+;;3*4-3-;. The molecule has 0 unspecified atom stereocenters. The first-order chi connectivity index (χ1) is 30.8. The molecule has 0 spiro atoms. The summed E-state index contributed by atoms with van der Waals surface area (Å²) in [6.07, 6.45) is 36.4. The van der Waals surface area contributed by atoms with Gasteiger partial charge in [0.05, 0.1) is 0 Å². The minimum atomic E-state index is 1.03. The predicted octanol–water partition coefficient (Wildman–Crippen LogP) is 19.2. The normalized spacial score (nSPS) is 9.87. The van der Waals surface area contributed by atoms with Crippen molar-refractivity contribution in [3.8, 4) is 23.7 Å². The van der Waals surface area contributed by atoms with E-state index in [-0.39, 0.29) is 0 Å². The smallest absolute Gasteiger partial charge is 0.0249 e. The first kappa shape index (κ1) is 59.5. The summed E-state index contributed by atoms with van der Waals surface area (Å²) in [5.74, 6) is 13.2. The molecule has 0 N–H and O–H groups in total. The monoisotopic (exact) mass is 843 g/mol. The van der Waals surface area contributed by atoms with Crippen LogP contribution < -0.4 is 0 Å². The molecule has 0 radical (unpaired) electrons. The van der Waals surface area contributed by atoms with Crippen LogP contribution in [0.3, 0.4) is 0 Å². The van der Waals surface area contributed by atoms with Crippen molar-refractivity contribution in [2.45, 2.75) is 153 Å². The lowest BCUT2D eigenvalue weighted by Crippen LogP contribution is -1.86. The molecule has 63 heavy (non-hydrogen) atoms. The number of hydrogen-bond donors (Lipinski definition) is 0. The molecular weight excluding hydrogens is 757 g/mol. The molecule has 4 aromatic carbocycles. The van der Waals surface area contributed by atoms with Crippen molar-refractivity contribution in [3.05, 3.63) is 203 Å². The van der Waals surface area contributed by atoms with Crippen molar-refractivity contribution in [3.63, 3.8) is 0 Å².